The van der Waals surface area contributed by atoms with Gasteiger partial charge in [0.15, 0.2) is 5.96 Å². The molecule has 6 heteroatoms. The second-order valence-corrected chi connectivity index (χ2v) is 6.47. The van der Waals surface area contributed by atoms with Crippen LogP contribution in [0.3, 0.4) is 0 Å². The monoisotopic (exact) mass is 347 g/mol. The van der Waals surface area contributed by atoms with Crippen LogP contribution in [0.5, 0.6) is 5.75 Å². The van der Waals surface area contributed by atoms with Crippen molar-refractivity contribution in [1.29, 1.82) is 0 Å². The van der Waals surface area contributed by atoms with Crippen molar-refractivity contribution in [2.24, 2.45) is 4.99 Å². The minimum atomic E-state index is 0.160. The van der Waals surface area contributed by atoms with Crippen LogP contribution in [-0.4, -0.2) is 58.1 Å². The Bertz CT molecular complexity index is 534. The second-order valence-electron chi connectivity index (χ2n) is 6.47. The van der Waals surface area contributed by atoms with Gasteiger partial charge in [-0.25, -0.2) is 0 Å². The Morgan fingerprint density at radius 1 is 1.24 bits per heavy atom. The Balaban J connectivity index is 1.27. The maximum atomic E-state index is 5.94. The van der Waals surface area contributed by atoms with E-state index in [2.05, 4.69) is 27.8 Å². The fourth-order valence-electron chi connectivity index (χ4n) is 3.17. The number of benzene rings is 1. The fourth-order valence-corrected chi connectivity index (χ4v) is 3.17. The van der Waals surface area contributed by atoms with Crippen LogP contribution < -0.4 is 15.4 Å². The molecule has 0 bridgehead atoms. The SMILES string of the molecule is CN=C(NCCCOC1CCOCC1)NCC1Cc2ccccc2O1. The van der Waals surface area contributed by atoms with Crippen LogP contribution in [0.2, 0.25) is 0 Å². The van der Waals surface area contributed by atoms with E-state index in [1.165, 1.54) is 5.56 Å². The summed E-state index contributed by atoms with van der Waals surface area (Å²) < 4.78 is 17.1. The van der Waals surface area contributed by atoms with Crippen LogP contribution in [0.15, 0.2) is 29.3 Å². The minimum Gasteiger partial charge on any atom is -0.488 e. The number of nitrogens with one attached hydrogen (secondary N) is 2. The van der Waals surface area contributed by atoms with Crippen LogP contribution in [0.1, 0.15) is 24.8 Å². The summed E-state index contributed by atoms with van der Waals surface area (Å²) in [6, 6.07) is 8.22. The van der Waals surface area contributed by atoms with E-state index in [1.54, 1.807) is 7.05 Å². The number of fused-ring (bicyclic) bond motifs is 1. The van der Waals surface area contributed by atoms with E-state index in [0.717, 1.165) is 70.3 Å². The van der Waals surface area contributed by atoms with Gasteiger partial charge < -0.3 is 24.8 Å². The van der Waals surface area contributed by atoms with Gasteiger partial charge in [-0.2, -0.15) is 0 Å². The number of hydrogen-bond acceptors (Lipinski definition) is 4. The summed E-state index contributed by atoms with van der Waals surface area (Å²) in [5, 5.41) is 6.67. The van der Waals surface area contributed by atoms with Crippen LogP contribution in [-0.2, 0) is 15.9 Å². The number of hydrogen-bond donors (Lipinski definition) is 2. The fraction of sp³-hybridized carbons (Fsp3) is 0.632. The lowest BCUT2D eigenvalue weighted by molar-refractivity contribution is -0.0320. The van der Waals surface area contributed by atoms with E-state index in [9.17, 15) is 0 Å². The highest BCUT2D eigenvalue weighted by Gasteiger charge is 2.22. The number of nitrogens with zero attached hydrogens (tertiary/aromatic N) is 1. The summed E-state index contributed by atoms with van der Waals surface area (Å²) in [5.41, 5.74) is 1.28. The van der Waals surface area contributed by atoms with E-state index >= 15 is 0 Å². The Hall–Kier alpha value is -1.79. The number of rotatable bonds is 7. The van der Waals surface area contributed by atoms with Gasteiger partial charge in [-0.3, -0.25) is 4.99 Å². The normalized spacial score (nSPS) is 20.8. The van der Waals surface area contributed by atoms with Crippen molar-refractivity contribution in [1.82, 2.24) is 10.6 Å². The Kier molecular flexibility index (Phi) is 6.94. The van der Waals surface area contributed by atoms with Crippen molar-refractivity contribution in [2.45, 2.75) is 37.9 Å². The first-order chi connectivity index (χ1) is 12.3. The van der Waals surface area contributed by atoms with E-state index < -0.39 is 0 Å². The third-order valence-corrected chi connectivity index (χ3v) is 4.57. The molecule has 1 fully saturated rings. The van der Waals surface area contributed by atoms with Gasteiger partial charge in [0, 0.05) is 39.8 Å². The topological polar surface area (TPSA) is 64.1 Å². The molecule has 1 saturated heterocycles. The first-order valence-corrected chi connectivity index (χ1v) is 9.23. The number of para-hydroxylation sites is 1. The number of ether oxygens (including phenoxy) is 3. The molecule has 0 spiro atoms. The van der Waals surface area contributed by atoms with Crippen molar-refractivity contribution in [3.63, 3.8) is 0 Å². The summed E-state index contributed by atoms with van der Waals surface area (Å²) in [6.45, 7) is 4.01. The zero-order valence-electron chi connectivity index (χ0n) is 15.0. The van der Waals surface area contributed by atoms with Crippen LogP contribution in [0, 0.1) is 0 Å². The molecule has 0 amide bonds. The zero-order chi connectivity index (χ0) is 17.3. The van der Waals surface area contributed by atoms with Gasteiger partial charge in [0.05, 0.1) is 12.6 Å². The lowest BCUT2D eigenvalue weighted by Crippen LogP contribution is -2.42. The van der Waals surface area contributed by atoms with E-state index in [4.69, 9.17) is 14.2 Å². The highest BCUT2D eigenvalue weighted by molar-refractivity contribution is 5.79. The molecule has 138 valence electrons. The predicted octanol–water partition coefficient (Wildman–Crippen LogP) is 1.74. The molecule has 0 aromatic heterocycles. The molecule has 6 nitrogen and oxygen atoms in total. The molecule has 2 aliphatic heterocycles. The number of aliphatic imine (C=N–C) groups is 1. The van der Waals surface area contributed by atoms with Gasteiger partial charge in [0.25, 0.3) is 0 Å². The van der Waals surface area contributed by atoms with Gasteiger partial charge in [-0.15, -0.1) is 0 Å². The predicted molar refractivity (Wildman–Crippen MR) is 98.3 cm³/mol. The largest absolute Gasteiger partial charge is 0.488 e. The minimum absolute atomic E-state index is 0.160. The van der Waals surface area contributed by atoms with E-state index in [0.29, 0.717) is 6.10 Å². The van der Waals surface area contributed by atoms with E-state index in [-0.39, 0.29) is 6.10 Å². The molecule has 0 saturated carbocycles. The van der Waals surface area contributed by atoms with Crippen LogP contribution in [0.25, 0.3) is 0 Å². The molecule has 25 heavy (non-hydrogen) atoms. The molecule has 1 aromatic carbocycles. The Morgan fingerprint density at radius 2 is 2.08 bits per heavy atom. The molecule has 3 rings (SSSR count). The van der Waals surface area contributed by atoms with Gasteiger partial charge in [0.1, 0.15) is 11.9 Å². The highest BCUT2D eigenvalue weighted by Crippen LogP contribution is 2.27. The smallest absolute Gasteiger partial charge is 0.191 e. The summed E-state index contributed by atoms with van der Waals surface area (Å²) in [6.07, 6.45) is 4.46. The molecule has 0 radical (unpaired) electrons. The molecule has 1 unspecified atom stereocenters. The average Bonchev–Trinajstić information content (AvgIpc) is 3.08. The van der Waals surface area contributed by atoms with Gasteiger partial charge in [0.2, 0.25) is 0 Å². The molecule has 2 N–H and O–H groups in total. The summed E-state index contributed by atoms with van der Waals surface area (Å²) in [5.74, 6) is 1.81. The van der Waals surface area contributed by atoms with Crippen LogP contribution >= 0.6 is 0 Å². The van der Waals surface area contributed by atoms with Crippen molar-refractivity contribution in [3.05, 3.63) is 29.8 Å². The van der Waals surface area contributed by atoms with Gasteiger partial charge in [-0.1, -0.05) is 18.2 Å². The van der Waals surface area contributed by atoms with Crippen LogP contribution in [0.4, 0.5) is 0 Å². The first kappa shape index (κ1) is 18.0. The highest BCUT2D eigenvalue weighted by atomic mass is 16.5. The quantitative estimate of drug-likeness (QED) is 0.447. The summed E-state index contributed by atoms with van der Waals surface area (Å²) >= 11 is 0. The van der Waals surface area contributed by atoms with Crippen molar-refractivity contribution in [3.8, 4) is 5.75 Å². The average molecular weight is 347 g/mol. The standard InChI is InChI=1S/C19H29N3O3/c1-20-19(21-9-4-10-24-16-7-11-23-12-8-16)22-14-17-13-15-5-2-3-6-18(15)25-17/h2-3,5-6,16-17H,4,7-14H2,1H3,(H2,20,21,22). The van der Waals surface area contributed by atoms with Crippen molar-refractivity contribution in [2.75, 3.05) is 40.0 Å². The first-order valence-electron chi connectivity index (χ1n) is 9.23. The second kappa shape index (κ2) is 9.63. The van der Waals surface area contributed by atoms with Crippen molar-refractivity contribution < 1.29 is 14.2 Å². The van der Waals surface area contributed by atoms with Crippen molar-refractivity contribution >= 4 is 5.96 Å². The Labute approximate surface area is 149 Å². The third kappa shape index (κ3) is 5.61. The molecule has 0 aliphatic carbocycles. The van der Waals surface area contributed by atoms with E-state index in [1.807, 2.05) is 12.1 Å². The zero-order valence-corrected chi connectivity index (χ0v) is 15.0. The molecular formula is C19H29N3O3. The molecule has 2 heterocycles. The Morgan fingerprint density at radius 3 is 2.88 bits per heavy atom. The molecule has 2 aliphatic rings. The maximum absolute atomic E-state index is 5.94. The molecular weight excluding hydrogens is 318 g/mol. The lowest BCUT2D eigenvalue weighted by atomic mass is 10.1. The maximum Gasteiger partial charge on any atom is 0.191 e. The lowest BCUT2D eigenvalue weighted by Gasteiger charge is -2.22. The van der Waals surface area contributed by atoms with Gasteiger partial charge >= 0.3 is 0 Å². The molecule has 1 atom stereocenters. The summed E-state index contributed by atoms with van der Waals surface area (Å²) in [4.78, 5) is 4.27. The molecule has 1 aromatic rings. The number of guanidine groups is 1. The third-order valence-electron chi connectivity index (χ3n) is 4.57. The van der Waals surface area contributed by atoms with Gasteiger partial charge in [-0.05, 0) is 30.9 Å². The summed E-state index contributed by atoms with van der Waals surface area (Å²) in [7, 11) is 1.79.